The number of esters is 1. The first-order chi connectivity index (χ1) is 16.1. The number of fused-ring (bicyclic) bond motifs is 1. The number of nitrogens with one attached hydrogen (secondary N) is 3. The van der Waals surface area contributed by atoms with Crippen LogP contribution in [0.5, 0.6) is 5.75 Å². The van der Waals surface area contributed by atoms with Gasteiger partial charge < -0.3 is 20.5 Å². The maximum atomic E-state index is 11.5. The molecule has 186 valence electrons. The molecule has 3 rings (SSSR count). The highest BCUT2D eigenvalue weighted by atomic mass is 16.5. The highest BCUT2D eigenvalue weighted by Gasteiger charge is 2.35. The van der Waals surface area contributed by atoms with E-state index >= 15 is 0 Å². The van der Waals surface area contributed by atoms with Crippen molar-refractivity contribution in [2.45, 2.75) is 73.1 Å². The average Bonchev–Trinajstić information content (AvgIpc) is 3.16. The van der Waals surface area contributed by atoms with Crippen molar-refractivity contribution >= 4 is 29.2 Å². The van der Waals surface area contributed by atoms with Crippen LogP contribution in [0.1, 0.15) is 54.0 Å². The van der Waals surface area contributed by atoms with Crippen molar-refractivity contribution in [1.29, 1.82) is 0 Å². The molecular weight excluding hydrogens is 434 g/mol. The molecule has 0 radical (unpaired) electrons. The van der Waals surface area contributed by atoms with Gasteiger partial charge in [-0.15, -0.1) is 5.53 Å². The number of hydrogen-bond donors (Lipinski definition) is 4. The van der Waals surface area contributed by atoms with E-state index in [1.54, 1.807) is 6.07 Å². The van der Waals surface area contributed by atoms with Gasteiger partial charge in [-0.25, -0.2) is 0 Å². The Morgan fingerprint density at radius 1 is 1.09 bits per heavy atom. The normalized spacial score (nSPS) is 14.1. The summed E-state index contributed by atoms with van der Waals surface area (Å²) in [6.07, 6.45) is 0. The number of ether oxygens (including phenoxy) is 1. The van der Waals surface area contributed by atoms with Crippen LogP contribution in [0.3, 0.4) is 0 Å². The first-order valence-corrected chi connectivity index (χ1v) is 11.8. The summed E-state index contributed by atoms with van der Waals surface area (Å²) in [6.45, 7) is 14.2. The summed E-state index contributed by atoms with van der Waals surface area (Å²) in [5.41, 5.74) is 5.09. The van der Waals surface area contributed by atoms with Crippen LogP contribution in [0.15, 0.2) is 24.3 Å². The third kappa shape index (κ3) is 5.68. The van der Waals surface area contributed by atoms with Gasteiger partial charge in [-0.05, 0) is 39.7 Å². The molecular formula is C24H37N7O3. The SMILES string of the molecule is CC(=O)Oc1ccccc1CNc1nc(N[C@@H](CO)C(C)C)nc2c1N(C(C)C)NN2C(C)C. The lowest BCUT2D eigenvalue weighted by Gasteiger charge is -2.27. The van der Waals surface area contributed by atoms with E-state index in [4.69, 9.17) is 14.7 Å². The molecule has 10 heteroatoms. The third-order valence-electron chi connectivity index (χ3n) is 5.57. The molecule has 0 amide bonds. The number of rotatable bonds is 10. The molecule has 1 aromatic heterocycles. The molecule has 4 N–H and O–H groups in total. The minimum Gasteiger partial charge on any atom is -0.426 e. The van der Waals surface area contributed by atoms with Crippen molar-refractivity contribution < 1.29 is 14.6 Å². The number of aliphatic hydroxyl groups excluding tert-OH is 1. The van der Waals surface area contributed by atoms with Crippen molar-refractivity contribution in [2.75, 3.05) is 27.3 Å². The number of aliphatic hydroxyl groups is 1. The molecule has 1 aliphatic heterocycles. The highest BCUT2D eigenvalue weighted by molar-refractivity contribution is 5.83. The number of hydrogen-bond acceptors (Lipinski definition) is 10. The van der Waals surface area contributed by atoms with Gasteiger partial charge in [-0.2, -0.15) is 9.97 Å². The first kappa shape index (κ1) is 25.5. The van der Waals surface area contributed by atoms with Crippen molar-refractivity contribution in [3.8, 4) is 5.75 Å². The second kappa shape index (κ2) is 10.9. The fourth-order valence-electron chi connectivity index (χ4n) is 3.64. The molecule has 10 nitrogen and oxygen atoms in total. The molecule has 1 aliphatic rings. The summed E-state index contributed by atoms with van der Waals surface area (Å²) < 4.78 is 5.37. The molecule has 0 spiro atoms. The predicted octanol–water partition coefficient (Wildman–Crippen LogP) is 3.31. The Kier molecular flexibility index (Phi) is 8.16. The number of aromatic nitrogens is 2. The maximum absolute atomic E-state index is 11.5. The molecule has 0 aliphatic carbocycles. The number of para-hydroxylation sites is 1. The van der Waals surface area contributed by atoms with Crippen LogP contribution in [0.25, 0.3) is 0 Å². The molecule has 0 saturated heterocycles. The van der Waals surface area contributed by atoms with E-state index in [2.05, 4.69) is 43.9 Å². The van der Waals surface area contributed by atoms with Gasteiger partial charge in [-0.1, -0.05) is 32.0 Å². The third-order valence-corrected chi connectivity index (χ3v) is 5.57. The van der Waals surface area contributed by atoms with Crippen molar-refractivity contribution in [1.82, 2.24) is 15.5 Å². The Morgan fingerprint density at radius 3 is 2.35 bits per heavy atom. The minimum atomic E-state index is -0.367. The van der Waals surface area contributed by atoms with Crippen molar-refractivity contribution in [2.24, 2.45) is 5.92 Å². The largest absolute Gasteiger partial charge is 0.426 e. The molecule has 34 heavy (non-hydrogen) atoms. The van der Waals surface area contributed by atoms with Gasteiger partial charge in [-0.3, -0.25) is 14.8 Å². The van der Waals surface area contributed by atoms with E-state index in [0.717, 1.165) is 17.1 Å². The quantitative estimate of drug-likeness (QED) is 0.304. The summed E-state index contributed by atoms with van der Waals surface area (Å²) in [5, 5.41) is 20.6. The Balaban J connectivity index is 2.03. The van der Waals surface area contributed by atoms with Crippen LogP contribution < -0.4 is 30.9 Å². The summed E-state index contributed by atoms with van der Waals surface area (Å²) in [7, 11) is 0. The zero-order valence-electron chi connectivity index (χ0n) is 21.1. The van der Waals surface area contributed by atoms with Gasteiger partial charge in [0.1, 0.15) is 11.4 Å². The van der Waals surface area contributed by atoms with Gasteiger partial charge in [0, 0.05) is 31.1 Å². The number of hydrazine groups is 2. The fourth-order valence-corrected chi connectivity index (χ4v) is 3.64. The van der Waals surface area contributed by atoms with Gasteiger partial charge in [0.05, 0.1) is 12.6 Å². The van der Waals surface area contributed by atoms with Gasteiger partial charge >= 0.3 is 5.97 Å². The topological polar surface area (TPSA) is 115 Å². The minimum absolute atomic E-state index is 0.0269. The summed E-state index contributed by atoms with van der Waals surface area (Å²) in [6, 6.07) is 7.51. The van der Waals surface area contributed by atoms with E-state index in [0.29, 0.717) is 24.1 Å². The van der Waals surface area contributed by atoms with E-state index in [1.807, 2.05) is 42.1 Å². The van der Waals surface area contributed by atoms with Crippen LogP contribution in [0, 0.1) is 5.92 Å². The second-order valence-corrected chi connectivity index (χ2v) is 9.33. The smallest absolute Gasteiger partial charge is 0.308 e. The second-order valence-electron chi connectivity index (χ2n) is 9.33. The summed E-state index contributed by atoms with van der Waals surface area (Å²) >= 11 is 0. The van der Waals surface area contributed by atoms with E-state index in [-0.39, 0.29) is 36.6 Å². The van der Waals surface area contributed by atoms with E-state index in [1.165, 1.54) is 6.92 Å². The predicted molar refractivity (Wildman–Crippen MR) is 135 cm³/mol. The Bertz CT molecular complexity index is 997. The zero-order valence-corrected chi connectivity index (χ0v) is 21.1. The average molecular weight is 472 g/mol. The number of carbonyl (C=O) groups is 1. The van der Waals surface area contributed by atoms with Gasteiger partial charge in [0.15, 0.2) is 11.6 Å². The molecule has 1 aromatic carbocycles. The lowest BCUT2D eigenvalue weighted by Crippen LogP contribution is -2.50. The number of benzene rings is 1. The van der Waals surface area contributed by atoms with Crippen LogP contribution >= 0.6 is 0 Å². The Morgan fingerprint density at radius 2 is 1.76 bits per heavy atom. The monoisotopic (exact) mass is 471 g/mol. The fraction of sp³-hybridized carbons (Fsp3) is 0.542. The van der Waals surface area contributed by atoms with E-state index < -0.39 is 0 Å². The Hall–Kier alpha value is -3.11. The number of nitrogens with zero attached hydrogens (tertiary/aromatic N) is 4. The first-order valence-electron chi connectivity index (χ1n) is 11.8. The molecule has 0 unspecified atom stereocenters. The molecule has 1 atom stereocenters. The van der Waals surface area contributed by atoms with Crippen molar-refractivity contribution in [3.05, 3.63) is 29.8 Å². The molecule has 0 fully saturated rings. The molecule has 0 bridgehead atoms. The van der Waals surface area contributed by atoms with Crippen LogP contribution in [0.2, 0.25) is 0 Å². The lowest BCUT2D eigenvalue weighted by molar-refractivity contribution is -0.131. The lowest BCUT2D eigenvalue weighted by atomic mass is 10.1. The maximum Gasteiger partial charge on any atom is 0.308 e. The molecule has 2 heterocycles. The molecule has 0 saturated carbocycles. The van der Waals surface area contributed by atoms with Gasteiger partial charge in [0.2, 0.25) is 5.95 Å². The number of carbonyl (C=O) groups excluding carboxylic acids is 1. The summed E-state index contributed by atoms with van der Waals surface area (Å²) in [4.78, 5) is 21.1. The zero-order chi connectivity index (χ0) is 25.0. The van der Waals surface area contributed by atoms with Gasteiger partial charge in [0.25, 0.3) is 0 Å². The molecule has 2 aromatic rings. The van der Waals surface area contributed by atoms with Crippen LogP contribution in [-0.2, 0) is 11.3 Å². The van der Waals surface area contributed by atoms with Crippen LogP contribution in [0.4, 0.5) is 23.3 Å². The van der Waals surface area contributed by atoms with E-state index in [9.17, 15) is 9.90 Å². The van der Waals surface area contributed by atoms with Crippen LogP contribution in [-0.4, -0.2) is 45.8 Å². The highest BCUT2D eigenvalue weighted by Crippen LogP contribution is 2.40. The summed E-state index contributed by atoms with van der Waals surface area (Å²) in [5.74, 6) is 2.15. The standard InChI is InChI=1S/C24H37N7O3/c1-14(2)19(13-32)26-24-27-22(25-12-18-10-8-9-11-20(18)34-17(7)33)21-23(28-24)31(16(5)6)29-30(21)15(3)4/h8-11,14-16,19,29,32H,12-13H2,1-7H3,(H2,25,26,27,28)/t19-/m0/s1. The Labute approximate surface area is 201 Å². The number of anilines is 4. The van der Waals surface area contributed by atoms with Crippen molar-refractivity contribution in [3.63, 3.8) is 0 Å².